The third-order valence-electron chi connectivity index (χ3n) is 3.97. The summed E-state index contributed by atoms with van der Waals surface area (Å²) < 4.78 is 5.79. The highest BCUT2D eigenvalue weighted by Gasteiger charge is 2.21. The van der Waals surface area contributed by atoms with Crippen LogP contribution >= 0.6 is 0 Å². The minimum Gasteiger partial charge on any atom is -0.481 e. The fourth-order valence-corrected chi connectivity index (χ4v) is 2.42. The molecule has 0 bridgehead atoms. The van der Waals surface area contributed by atoms with Crippen LogP contribution in [0.25, 0.3) is 0 Å². The number of carbonyl (C=O) groups excluding carboxylic acids is 1. The van der Waals surface area contributed by atoms with Crippen molar-refractivity contribution in [1.29, 1.82) is 0 Å². The lowest BCUT2D eigenvalue weighted by Gasteiger charge is -2.23. The van der Waals surface area contributed by atoms with Crippen LogP contribution in [0, 0.1) is 0 Å². The van der Waals surface area contributed by atoms with Gasteiger partial charge in [0.05, 0.1) is 0 Å². The van der Waals surface area contributed by atoms with Gasteiger partial charge in [0.15, 0.2) is 6.10 Å². The van der Waals surface area contributed by atoms with E-state index in [1.54, 1.807) is 31.0 Å². The summed E-state index contributed by atoms with van der Waals surface area (Å²) in [5.74, 6) is 0.560. The van der Waals surface area contributed by atoms with Crippen LogP contribution in [0.4, 0.5) is 11.4 Å². The van der Waals surface area contributed by atoms with E-state index in [2.05, 4.69) is 20.8 Å². The van der Waals surface area contributed by atoms with Crippen LogP contribution in [0.15, 0.2) is 48.5 Å². The van der Waals surface area contributed by atoms with Crippen LogP contribution in [0.1, 0.15) is 33.3 Å². The molecule has 0 aromatic heterocycles. The number of nitrogen functional groups attached to an aromatic ring is 1. The summed E-state index contributed by atoms with van der Waals surface area (Å²) in [7, 11) is 1.72. The normalized spacial score (nSPS) is 12.5. The van der Waals surface area contributed by atoms with Crippen molar-refractivity contribution in [2.45, 2.75) is 39.2 Å². The van der Waals surface area contributed by atoms with Gasteiger partial charge >= 0.3 is 0 Å². The molecule has 0 heterocycles. The van der Waals surface area contributed by atoms with E-state index in [9.17, 15) is 4.79 Å². The predicted octanol–water partition coefficient (Wildman–Crippen LogP) is 4.00. The summed E-state index contributed by atoms with van der Waals surface area (Å²) in [5.41, 5.74) is 8.47. The van der Waals surface area contributed by atoms with Gasteiger partial charge in [0.25, 0.3) is 5.91 Å². The average Bonchev–Trinajstić information content (AvgIpc) is 2.53. The lowest BCUT2D eigenvalue weighted by atomic mass is 9.87. The molecule has 1 amide bonds. The van der Waals surface area contributed by atoms with Gasteiger partial charge in [0.1, 0.15) is 5.75 Å². The van der Waals surface area contributed by atoms with Crippen molar-refractivity contribution >= 4 is 17.3 Å². The molecule has 0 aliphatic rings. The van der Waals surface area contributed by atoms with Crippen LogP contribution in [-0.4, -0.2) is 19.1 Å². The molecule has 2 aromatic rings. The van der Waals surface area contributed by atoms with E-state index in [1.165, 1.54) is 5.56 Å². The SMILES string of the molecule is CC(Oc1ccc(C(C)(C)C)cc1)C(=O)N(C)c1cccc(N)c1. The first-order valence-electron chi connectivity index (χ1n) is 8.09. The first-order chi connectivity index (χ1) is 11.2. The molecular weight excluding hydrogens is 300 g/mol. The van der Waals surface area contributed by atoms with Crippen LogP contribution in [0.5, 0.6) is 5.75 Å². The van der Waals surface area contributed by atoms with Crippen molar-refractivity contribution in [2.24, 2.45) is 0 Å². The lowest BCUT2D eigenvalue weighted by molar-refractivity contribution is -0.124. The van der Waals surface area contributed by atoms with Gasteiger partial charge in [-0.2, -0.15) is 0 Å². The lowest BCUT2D eigenvalue weighted by Crippen LogP contribution is -2.38. The highest BCUT2D eigenvalue weighted by molar-refractivity contribution is 5.96. The minimum absolute atomic E-state index is 0.0907. The third-order valence-corrected chi connectivity index (χ3v) is 3.97. The molecule has 2 aromatic carbocycles. The smallest absolute Gasteiger partial charge is 0.267 e. The first-order valence-corrected chi connectivity index (χ1v) is 8.09. The van der Waals surface area contributed by atoms with Crippen molar-refractivity contribution in [3.8, 4) is 5.75 Å². The molecule has 1 atom stereocenters. The van der Waals surface area contributed by atoms with E-state index in [4.69, 9.17) is 10.5 Å². The number of rotatable bonds is 4. The Hall–Kier alpha value is -2.49. The molecule has 0 spiro atoms. The van der Waals surface area contributed by atoms with Crippen LogP contribution < -0.4 is 15.4 Å². The van der Waals surface area contributed by atoms with Crippen molar-refractivity contribution < 1.29 is 9.53 Å². The van der Waals surface area contributed by atoms with Crippen LogP contribution in [0.2, 0.25) is 0 Å². The zero-order chi connectivity index (χ0) is 17.9. The number of amides is 1. The van der Waals surface area contributed by atoms with E-state index in [-0.39, 0.29) is 11.3 Å². The summed E-state index contributed by atoms with van der Waals surface area (Å²) >= 11 is 0. The Morgan fingerprint density at radius 1 is 1.12 bits per heavy atom. The monoisotopic (exact) mass is 326 g/mol. The van der Waals surface area contributed by atoms with Crippen LogP contribution in [0.3, 0.4) is 0 Å². The summed E-state index contributed by atoms with van der Waals surface area (Å²) in [4.78, 5) is 14.1. The highest BCUT2D eigenvalue weighted by atomic mass is 16.5. The predicted molar refractivity (Wildman–Crippen MR) is 99.5 cm³/mol. The molecule has 2 rings (SSSR count). The average molecular weight is 326 g/mol. The number of carbonyl (C=O) groups is 1. The number of likely N-dealkylation sites (N-methyl/N-ethyl adjacent to an activating group) is 1. The van der Waals surface area contributed by atoms with Gasteiger partial charge in [-0.1, -0.05) is 39.0 Å². The fraction of sp³-hybridized carbons (Fsp3) is 0.350. The molecule has 0 saturated carbocycles. The van der Waals surface area contributed by atoms with E-state index in [0.29, 0.717) is 11.4 Å². The summed E-state index contributed by atoms with van der Waals surface area (Å²) in [6, 6.07) is 15.1. The van der Waals surface area contributed by atoms with Crippen molar-refractivity contribution in [2.75, 3.05) is 17.7 Å². The Bertz CT molecular complexity index is 702. The number of benzene rings is 2. The van der Waals surface area contributed by atoms with E-state index in [0.717, 1.165) is 5.69 Å². The molecule has 0 radical (unpaired) electrons. The van der Waals surface area contributed by atoms with E-state index >= 15 is 0 Å². The molecule has 0 saturated heterocycles. The molecule has 4 nitrogen and oxygen atoms in total. The Balaban J connectivity index is 2.06. The first kappa shape index (κ1) is 17.9. The second-order valence-corrected chi connectivity index (χ2v) is 7.03. The van der Waals surface area contributed by atoms with Gasteiger partial charge in [-0.25, -0.2) is 0 Å². The van der Waals surface area contributed by atoms with Gasteiger partial charge in [0, 0.05) is 18.4 Å². The van der Waals surface area contributed by atoms with E-state index < -0.39 is 6.10 Å². The topological polar surface area (TPSA) is 55.6 Å². The summed E-state index contributed by atoms with van der Waals surface area (Å²) in [5, 5.41) is 0. The third kappa shape index (κ3) is 4.28. The molecule has 4 heteroatoms. The molecular formula is C20H26N2O2. The quantitative estimate of drug-likeness (QED) is 0.864. The van der Waals surface area contributed by atoms with Gasteiger partial charge in [-0.15, -0.1) is 0 Å². The molecule has 0 aliphatic carbocycles. The van der Waals surface area contributed by atoms with Crippen molar-refractivity contribution in [3.63, 3.8) is 0 Å². The molecule has 2 N–H and O–H groups in total. The zero-order valence-corrected chi connectivity index (χ0v) is 15.0. The number of nitrogens with zero attached hydrogens (tertiary/aromatic N) is 1. The maximum absolute atomic E-state index is 12.5. The zero-order valence-electron chi connectivity index (χ0n) is 15.0. The van der Waals surface area contributed by atoms with Crippen LogP contribution in [-0.2, 0) is 10.2 Å². The maximum Gasteiger partial charge on any atom is 0.267 e. The largest absolute Gasteiger partial charge is 0.481 e. The standard InChI is InChI=1S/C20H26N2O2/c1-14(19(23)22(5)17-8-6-7-16(21)13-17)24-18-11-9-15(10-12-18)20(2,3)4/h6-14H,21H2,1-5H3. The Morgan fingerprint density at radius 2 is 1.75 bits per heavy atom. The Kier molecular flexibility index (Phi) is 5.17. The summed E-state index contributed by atoms with van der Waals surface area (Å²) in [6.07, 6.45) is -0.586. The molecule has 24 heavy (non-hydrogen) atoms. The van der Waals surface area contributed by atoms with Gasteiger partial charge in [0.2, 0.25) is 0 Å². The molecule has 0 fully saturated rings. The van der Waals surface area contributed by atoms with Gasteiger partial charge < -0.3 is 15.4 Å². The number of ether oxygens (including phenoxy) is 1. The second-order valence-electron chi connectivity index (χ2n) is 7.03. The number of hydrogen-bond donors (Lipinski definition) is 1. The van der Waals surface area contributed by atoms with E-state index in [1.807, 2.05) is 36.4 Å². The number of hydrogen-bond acceptors (Lipinski definition) is 3. The van der Waals surface area contributed by atoms with Crippen molar-refractivity contribution in [3.05, 3.63) is 54.1 Å². The number of anilines is 2. The van der Waals surface area contributed by atoms with Gasteiger partial charge in [-0.05, 0) is 48.2 Å². The minimum atomic E-state index is -0.586. The van der Waals surface area contributed by atoms with Gasteiger partial charge in [-0.3, -0.25) is 4.79 Å². The fourth-order valence-electron chi connectivity index (χ4n) is 2.42. The van der Waals surface area contributed by atoms with Crippen molar-refractivity contribution in [1.82, 2.24) is 0 Å². The highest BCUT2D eigenvalue weighted by Crippen LogP contribution is 2.25. The molecule has 128 valence electrons. The summed E-state index contributed by atoms with van der Waals surface area (Å²) in [6.45, 7) is 8.24. The Labute approximate surface area is 144 Å². The maximum atomic E-state index is 12.5. The second kappa shape index (κ2) is 6.95. The number of nitrogens with two attached hydrogens (primary N) is 1. The Morgan fingerprint density at radius 3 is 2.29 bits per heavy atom. The molecule has 1 unspecified atom stereocenters. The molecule has 0 aliphatic heterocycles.